The van der Waals surface area contributed by atoms with Crippen molar-refractivity contribution >= 4 is 11.1 Å². The number of methoxy groups -OCH3 is 1. The Balaban J connectivity index is 1.59. The van der Waals surface area contributed by atoms with Gasteiger partial charge in [0.2, 0.25) is 0 Å². The van der Waals surface area contributed by atoms with Gasteiger partial charge >= 0.3 is 6.18 Å². The minimum atomic E-state index is -4.50. The van der Waals surface area contributed by atoms with Crippen LogP contribution >= 0.6 is 0 Å². The second kappa shape index (κ2) is 8.97. The summed E-state index contributed by atoms with van der Waals surface area (Å²) < 4.78 is 57.4. The molecule has 0 radical (unpaired) electrons. The molecule has 9 heteroatoms. The number of hydrogen-bond acceptors (Lipinski definition) is 6. The van der Waals surface area contributed by atoms with Gasteiger partial charge in [0.15, 0.2) is 11.5 Å². The van der Waals surface area contributed by atoms with Crippen LogP contribution in [-0.2, 0) is 12.7 Å². The van der Waals surface area contributed by atoms with Crippen LogP contribution < -0.4 is 9.47 Å². The predicted octanol–water partition coefficient (Wildman–Crippen LogP) is 5.34. The fourth-order valence-electron chi connectivity index (χ4n) is 4.37. The molecule has 4 rings (SSSR count). The van der Waals surface area contributed by atoms with E-state index < -0.39 is 11.7 Å². The lowest BCUT2D eigenvalue weighted by molar-refractivity contribution is -0.136. The van der Waals surface area contributed by atoms with E-state index in [1.54, 1.807) is 7.11 Å². The lowest BCUT2D eigenvalue weighted by Gasteiger charge is -2.32. The van der Waals surface area contributed by atoms with E-state index in [2.05, 4.69) is 15.0 Å². The minimum absolute atomic E-state index is 0.0157. The van der Waals surface area contributed by atoms with Crippen LogP contribution in [0, 0.1) is 6.92 Å². The number of fused-ring (bicyclic) bond motifs is 1. The molecular formula is C23H26F3N3O3. The van der Waals surface area contributed by atoms with Crippen LogP contribution in [0.5, 0.6) is 11.5 Å². The first kappa shape index (κ1) is 22.4. The number of pyridine rings is 1. The molecule has 0 aliphatic carbocycles. The average Bonchev–Trinajstić information content (AvgIpc) is 3.17. The number of benzene rings is 1. The van der Waals surface area contributed by atoms with Crippen molar-refractivity contribution in [2.45, 2.75) is 45.3 Å². The topological polar surface area (TPSA) is 60.6 Å². The number of halogens is 3. The van der Waals surface area contributed by atoms with Crippen molar-refractivity contribution in [1.82, 2.24) is 15.0 Å². The Morgan fingerprint density at radius 2 is 2.03 bits per heavy atom. The molecule has 1 aliphatic rings. The molecule has 2 aromatic heterocycles. The van der Waals surface area contributed by atoms with Gasteiger partial charge in [-0.15, -0.1) is 0 Å². The Labute approximate surface area is 184 Å². The summed E-state index contributed by atoms with van der Waals surface area (Å²) in [6, 6.07) is 6.86. The Bertz CT molecular complexity index is 1100. The van der Waals surface area contributed by atoms with Gasteiger partial charge in [0.25, 0.3) is 5.71 Å². The fourth-order valence-corrected chi connectivity index (χ4v) is 4.37. The highest BCUT2D eigenvalue weighted by Crippen LogP contribution is 2.40. The molecule has 1 aliphatic heterocycles. The van der Waals surface area contributed by atoms with Crippen LogP contribution in [0.15, 0.2) is 28.8 Å². The van der Waals surface area contributed by atoms with Crippen LogP contribution in [0.1, 0.15) is 48.2 Å². The van der Waals surface area contributed by atoms with Gasteiger partial charge in [-0.2, -0.15) is 13.2 Å². The van der Waals surface area contributed by atoms with Crippen molar-refractivity contribution < 1.29 is 27.2 Å². The quantitative estimate of drug-likeness (QED) is 0.507. The second-order valence-corrected chi connectivity index (χ2v) is 8.05. The highest BCUT2D eigenvalue weighted by atomic mass is 19.4. The van der Waals surface area contributed by atoms with Gasteiger partial charge in [-0.1, -0.05) is 11.2 Å². The largest absolute Gasteiger partial charge is 0.493 e. The normalized spacial score (nSPS) is 17.6. The van der Waals surface area contributed by atoms with Gasteiger partial charge in [0, 0.05) is 24.7 Å². The highest BCUT2D eigenvalue weighted by molar-refractivity contribution is 5.81. The van der Waals surface area contributed by atoms with Crippen molar-refractivity contribution in [2.75, 3.05) is 26.8 Å². The first-order valence-electron chi connectivity index (χ1n) is 10.7. The summed E-state index contributed by atoms with van der Waals surface area (Å²) in [6.07, 6.45) is -2.90. The van der Waals surface area contributed by atoms with Crippen molar-refractivity contribution in [1.29, 1.82) is 0 Å². The molecule has 0 amide bonds. The zero-order chi connectivity index (χ0) is 22.9. The molecule has 0 spiro atoms. The molecule has 1 fully saturated rings. The average molecular weight is 449 g/mol. The lowest BCUT2D eigenvalue weighted by atomic mass is 9.91. The molecule has 0 saturated carbocycles. The van der Waals surface area contributed by atoms with Crippen molar-refractivity contribution in [3.8, 4) is 11.5 Å². The number of hydrogen-bond donors (Lipinski definition) is 0. The number of piperidine rings is 1. The molecule has 1 unspecified atom stereocenters. The zero-order valence-corrected chi connectivity index (χ0v) is 18.3. The number of aromatic nitrogens is 2. The standard InChI is InChI=1S/C23H26F3N3O3/c1-4-31-19-11-15(7-8-18(19)30-3)12-29-9-5-6-16(13-29)21-20-17(23(24,25)26)10-14(2)27-22(20)32-28-21/h7-8,10-11,16H,4-6,9,12-13H2,1-3H3. The first-order chi connectivity index (χ1) is 15.3. The van der Waals surface area contributed by atoms with Gasteiger partial charge in [0.05, 0.1) is 30.4 Å². The summed E-state index contributed by atoms with van der Waals surface area (Å²) >= 11 is 0. The third-order valence-corrected chi connectivity index (χ3v) is 5.73. The van der Waals surface area contributed by atoms with Crippen molar-refractivity contribution in [3.63, 3.8) is 0 Å². The molecule has 32 heavy (non-hydrogen) atoms. The third-order valence-electron chi connectivity index (χ3n) is 5.73. The summed E-state index contributed by atoms with van der Waals surface area (Å²) in [5, 5.41) is 4.02. The van der Waals surface area contributed by atoms with Gasteiger partial charge in [0.1, 0.15) is 0 Å². The zero-order valence-electron chi connectivity index (χ0n) is 18.3. The third kappa shape index (κ3) is 4.53. The Kier molecular flexibility index (Phi) is 6.28. The fraction of sp³-hybridized carbons (Fsp3) is 0.478. The van der Waals surface area contributed by atoms with E-state index in [1.807, 2.05) is 25.1 Å². The molecule has 1 aromatic carbocycles. The molecule has 1 saturated heterocycles. The number of ether oxygens (including phenoxy) is 2. The minimum Gasteiger partial charge on any atom is -0.493 e. The highest BCUT2D eigenvalue weighted by Gasteiger charge is 2.37. The molecule has 3 aromatic rings. The van der Waals surface area contributed by atoms with E-state index in [0.29, 0.717) is 36.9 Å². The summed E-state index contributed by atoms with van der Waals surface area (Å²) in [5.41, 5.74) is 0.857. The van der Waals surface area contributed by atoms with Crippen LogP contribution in [0.3, 0.4) is 0 Å². The SMILES string of the molecule is CCOc1cc(CN2CCCC(c3noc4nc(C)cc(C(F)(F)F)c34)C2)ccc1OC. The van der Waals surface area contributed by atoms with E-state index >= 15 is 0 Å². The number of nitrogens with zero attached hydrogens (tertiary/aromatic N) is 3. The number of rotatable bonds is 6. The van der Waals surface area contributed by atoms with Gasteiger partial charge in [-0.3, -0.25) is 4.90 Å². The molecule has 3 heterocycles. The van der Waals surface area contributed by atoms with Crippen LogP contribution in [0.4, 0.5) is 13.2 Å². The first-order valence-corrected chi connectivity index (χ1v) is 10.7. The number of alkyl halides is 3. The smallest absolute Gasteiger partial charge is 0.417 e. The molecule has 1 atom stereocenters. The van der Waals surface area contributed by atoms with E-state index in [9.17, 15) is 13.2 Å². The van der Waals surface area contributed by atoms with Gasteiger partial charge in [-0.05, 0) is 57.0 Å². The molecule has 0 bridgehead atoms. The van der Waals surface area contributed by atoms with Crippen LogP contribution in [-0.4, -0.2) is 41.8 Å². The monoisotopic (exact) mass is 449 g/mol. The molecular weight excluding hydrogens is 423 g/mol. The van der Waals surface area contributed by atoms with E-state index in [0.717, 1.165) is 31.0 Å². The van der Waals surface area contributed by atoms with Crippen molar-refractivity contribution in [2.24, 2.45) is 0 Å². The predicted molar refractivity (Wildman–Crippen MR) is 113 cm³/mol. The summed E-state index contributed by atoms with van der Waals surface area (Å²) in [4.78, 5) is 6.35. The Morgan fingerprint density at radius 1 is 1.22 bits per heavy atom. The van der Waals surface area contributed by atoms with Gasteiger partial charge < -0.3 is 14.0 Å². The number of likely N-dealkylation sites (tertiary alicyclic amines) is 1. The van der Waals surface area contributed by atoms with Gasteiger partial charge in [-0.25, -0.2) is 4.98 Å². The maximum absolute atomic E-state index is 13.7. The van der Waals surface area contributed by atoms with E-state index in [-0.39, 0.29) is 22.7 Å². The second-order valence-electron chi connectivity index (χ2n) is 8.05. The lowest BCUT2D eigenvalue weighted by Crippen LogP contribution is -2.34. The van der Waals surface area contributed by atoms with Crippen LogP contribution in [0.25, 0.3) is 11.1 Å². The van der Waals surface area contributed by atoms with Crippen LogP contribution in [0.2, 0.25) is 0 Å². The molecule has 0 N–H and O–H groups in total. The Morgan fingerprint density at radius 3 is 2.75 bits per heavy atom. The molecule has 172 valence electrons. The summed E-state index contributed by atoms with van der Waals surface area (Å²) in [7, 11) is 1.60. The molecule has 6 nitrogen and oxygen atoms in total. The summed E-state index contributed by atoms with van der Waals surface area (Å²) in [6.45, 7) is 6.05. The Hall–Kier alpha value is -2.81. The van der Waals surface area contributed by atoms with E-state index in [1.165, 1.54) is 6.92 Å². The maximum Gasteiger partial charge on any atom is 0.417 e. The van der Waals surface area contributed by atoms with Crippen molar-refractivity contribution in [3.05, 3.63) is 46.8 Å². The number of aryl methyl sites for hydroxylation is 1. The van der Waals surface area contributed by atoms with E-state index in [4.69, 9.17) is 14.0 Å². The summed E-state index contributed by atoms with van der Waals surface area (Å²) in [5.74, 6) is 1.18. The maximum atomic E-state index is 13.7.